The Labute approximate surface area is 136 Å². The zero-order valence-electron chi connectivity index (χ0n) is 11.5. The van der Waals surface area contributed by atoms with Gasteiger partial charge in [-0.2, -0.15) is 0 Å². The molecule has 0 spiro atoms. The molecule has 1 aromatic carbocycles. The third-order valence-corrected chi connectivity index (χ3v) is 2.86. The summed E-state index contributed by atoms with van der Waals surface area (Å²) in [5.41, 5.74) is 0.662. The normalized spacial score (nSPS) is 14.3. The Hall–Kier alpha value is -1.34. The van der Waals surface area contributed by atoms with E-state index in [1.807, 2.05) is 23.1 Å². The first-order valence-corrected chi connectivity index (χ1v) is 6.33. The van der Waals surface area contributed by atoms with Crippen LogP contribution in [-0.4, -0.2) is 49.6 Å². The number of imide groups is 1. The van der Waals surface area contributed by atoms with Gasteiger partial charge in [-0.25, -0.2) is 4.79 Å². The summed E-state index contributed by atoms with van der Waals surface area (Å²) in [4.78, 5) is 25.3. The van der Waals surface area contributed by atoms with Crippen LogP contribution in [0.25, 0.3) is 0 Å². The first-order valence-electron chi connectivity index (χ1n) is 6.33. The van der Waals surface area contributed by atoms with Gasteiger partial charge >= 0.3 is 6.03 Å². The van der Waals surface area contributed by atoms with E-state index in [-0.39, 0.29) is 37.3 Å². The summed E-state index contributed by atoms with van der Waals surface area (Å²) >= 11 is 0. The number of rotatable bonds is 3. The molecule has 3 amide bonds. The summed E-state index contributed by atoms with van der Waals surface area (Å²) in [6.07, 6.45) is 0. The number of hydrogen-bond acceptors (Lipinski definition) is 4. The Morgan fingerprint density at radius 1 is 1.10 bits per heavy atom. The number of hydrogen-bond donors (Lipinski definition) is 3. The highest BCUT2D eigenvalue weighted by Gasteiger charge is 2.15. The Balaban J connectivity index is 0.00000200. The van der Waals surface area contributed by atoms with Crippen molar-refractivity contribution in [3.05, 3.63) is 30.3 Å². The molecule has 3 N–H and O–H groups in total. The predicted molar refractivity (Wildman–Crippen MR) is 87.4 cm³/mol. The summed E-state index contributed by atoms with van der Waals surface area (Å²) in [6.45, 7) is 3.67. The lowest BCUT2D eigenvalue weighted by Gasteiger charge is -2.26. The van der Waals surface area contributed by atoms with Gasteiger partial charge in [0.05, 0.1) is 6.54 Å². The molecule has 0 aliphatic carbocycles. The van der Waals surface area contributed by atoms with Crippen molar-refractivity contribution in [1.82, 2.24) is 15.5 Å². The molecule has 1 heterocycles. The third-order valence-electron chi connectivity index (χ3n) is 2.86. The number of para-hydroxylation sites is 1. The number of amides is 3. The van der Waals surface area contributed by atoms with Crippen LogP contribution in [0.4, 0.5) is 10.5 Å². The second-order valence-electron chi connectivity index (χ2n) is 4.39. The maximum Gasteiger partial charge on any atom is 0.325 e. The van der Waals surface area contributed by atoms with Crippen molar-refractivity contribution in [1.29, 1.82) is 0 Å². The number of carbonyl (C=O) groups excluding carboxylic acids is 2. The van der Waals surface area contributed by atoms with Crippen LogP contribution in [0.15, 0.2) is 30.3 Å². The average Bonchev–Trinajstić information content (AvgIpc) is 2.40. The molecule has 0 bridgehead atoms. The first-order chi connectivity index (χ1) is 9.24. The van der Waals surface area contributed by atoms with Crippen LogP contribution in [-0.2, 0) is 4.79 Å². The van der Waals surface area contributed by atoms with Gasteiger partial charge in [0.25, 0.3) is 0 Å². The molecule has 0 atom stereocenters. The van der Waals surface area contributed by atoms with Crippen molar-refractivity contribution < 1.29 is 9.59 Å². The van der Waals surface area contributed by atoms with Crippen LogP contribution in [0.3, 0.4) is 0 Å². The number of nitrogens with zero attached hydrogens (tertiary/aromatic N) is 1. The second kappa shape index (κ2) is 10.4. The highest BCUT2D eigenvalue weighted by molar-refractivity contribution is 6.01. The van der Waals surface area contributed by atoms with Crippen molar-refractivity contribution in [3.63, 3.8) is 0 Å². The number of carbonyl (C=O) groups is 2. The van der Waals surface area contributed by atoms with E-state index in [0.717, 1.165) is 26.2 Å². The molecule has 0 saturated carbocycles. The smallest absolute Gasteiger partial charge is 0.314 e. The van der Waals surface area contributed by atoms with Crippen molar-refractivity contribution in [2.75, 3.05) is 38.0 Å². The molecule has 1 aliphatic rings. The molecule has 118 valence electrons. The molecule has 1 aliphatic heterocycles. The van der Waals surface area contributed by atoms with Crippen LogP contribution in [0.1, 0.15) is 0 Å². The second-order valence-corrected chi connectivity index (χ2v) is 4.39. The predicted octanol–water partition coefficient (Wildman–Crippen LogP) is 1.08. The molecular weight excluding hydrogens is 315 g/mol. The van der Waals surface area contributed by atoms with E-state index >= 15 is 0 Å². The van der Waals surface area contributed by atoms with Gasteiger partial charge < -0.3 is 10.6 Å². The zero-order valence-corrected chi connectivity index (χ0v) is 13.1. The van der Waals surface area contributed by atoms with E-state index in [1.54, 1.807) is 12.1 Å². The van der Waals surface area contributed by atoms with Crippen LogP contribution < -0.4 is 16.0 Å². The molecule has 0 aromatic heterocycles. The molecule has 1 aromatic rings. The molecule has 0 radical (unpaired) electrons. The number of piperazine rings is 1. The standard InChI is InChI=1S/C13H18N4O2.2ClH/c18-12(10-17-8-6-14-7-9-17)16-13(19)15-11-4-2-1-3-5-11;;/h1-5,14H,6-10H2,(H2,15,16,18,19);2*1H. The maximum atomic E-state index is 11.7. The molecule has 6 nitrogen and oxygen atoms in total. The largest absolute Gasteiger partial charge is 0.325 e. The average molecular weight is 335 g/mol. The molecular formula is C13H20Cl2N4O2. The van der Waals surface area contributed by atoms with Crippen molar-refractivity contribution in [2.24, 2.45) is 0 Å². The van der Waals surface area contributed by atoms with Gasteiger partial charge in [-0.15, -0.1) is 24.8 Å². The van der Waals surface area contributed by atoms with Gasteiger partial charge in [0.15, 0.2) is 0 Å². The van der Waals surface area contributed by atoms with Gasteiger partial charge in [-0.05, 0) is 12.1 Å². The number of benzene rings is 1. The summed E-state index contributed by atoms with van der Waals surface area (Å²) in [5, 5.41) is 8.14. The molecule has 1 saturated heterocycles. The van der Waals surface area contributed by atoms with Gasteiger partial charge in [-0.1, -0.05) is 18.2 Å². The van der Waals surface area contributed by atoms with Crippen LogP contribution in [0.2, 0.25) is 0 Å². The van der Waals surface area contributed by atoms with Crippen LogP contribution in [0, 0.1) is 0 Å². The Kier molecular flexibility index (Phi) is 9.73. The molecule has 21 heavy (non-hydrogen) atoms. The molecule has 2 rings (SSSR count). The summed E-state index contributed by atoms with van der Waals surface area (Å²) in [6, 6.07) is 8.53. The fraction of sp³-hybridized carbons (Fsp3) is 0.385. The van der Waals surface area contributed by atoms with E-state index in [9.17, 15) is 9.59 Å². The Morgan fingerprint density at radius 3 is 2.33 bits per heavy atom. The van der Waals surface area contributed by atoms with Crippen molar-refractivity contribution in [3.8, 4) is 0 Å². The molecule has 0 unspecified atom stereocenters. The van der Waals surface area contributed by atoms with Gasteiger partial charge in [0, 0.05) is 31.9 Å². The Morgan fingerprint density at radius 2 is 1.71 bits per heavy atom. The zero-order chi connectivity index (χ0) is 13.5. The van der Waals surface area contributed by atoms with E-state index in [4.69, 9.17) is 0 Å². The van der Waals surface area contributed by atoms with E-state index in [0.29, 0.717) is 5.69 Å². The van der Waals surface area contributed by atoms with Crippen LogP contribution >= 0.6 is 24.8 Å². The number of urea groups is 1. The Bertz CT molecular complexity index is 439. The minimum Gasteiger partial charge on any atom is -0.314 e. The summed E-state index contributed by atoms with van der Waals surface area (Å²) in [7, 11) is 0. The topological polar surface area (TPSA) is 73.5 Å². The molecule has 1 fully saturated rings. The number of halogens is 2. The minimum atomic E-state index is -0.494. The monoisotopic (exact) mass is 334 g/mol. The lowest BCUT2D eigenvalue weighted by molar-refractivity contribution is -0.121. The maximum absolute atomic E-state index is 11.7. The van der Waals surface area contributed by atoms with Crippen molar-refractivity contribution >= 4 is 42.4 Å². The highest BCUT2D eigenvalue weighted by Crippen LogP contribution is 2.04. The summed E-state index contributed by atoms with van der Waals surface area (Å²) < 4.78 is 0. The minimum absolute atomic E-state index is 0. The van der Waals surface area contributed by atoms with E-state index in [1.165, 1.54) is 0 Å². The highest BCUT2D eigenvalue weighted by atomic mass is 35.5. The quantitative estimate of drug-likeness (QED) is 0.773. The van der Waals surface area contributed by atoms with Gasteiger partial charge in [-0.3, -0.25) is 15.0 Å². The van der Waals surface area contributed by atoms with Gasteiger partial charge in [0.1, 0.15) is 0 Å². The number of anilines is 1. The van der Waals surface area contributed by atoms with Crippen molar-refractivity contribution in [2.45, 2.75) is 0 Å². The van der Waals surface area contributed by atoms with E-state index < -0.39 is 6.03 Å². The fourth-order valence-corrected chi connectivity index (χ4v) is 1.92. The fourth-order valence-electron chi connectivity index (χ4n) is 1.92. The van der Waals surface area contributed by atoms with Gasteiger partial charge in [0.2, 0.25) is 5.91 Å². The lowest BCUT2D eigenvalue weighted by atomic mass is 10.3. The SMILES string of the molecule is Cl.Cl.O=C(CN1CCNCC1)NC(=O)Nc1ccccc1. The third kappa shape index (κ3) is 7.29. The number of nitrogens with one attached hydrogen (secondary N) is 3. The summed E-state index contributed by atoms with van der Waals surface area (Å²) in [5.74, 6) is -0.282. The van der Waals surface area contributed by atoms with Crippen LogP contribution in [0.5, 0.6) is 0 Å². The first kappa shape index (κ1) is 19.7. The molecule has 8 heteroatoms. The lowest BCUT2D eigenvalue weighted by Crippen LogP contribution is -2.48. The van der Waals surface area contributed by atoms with E-state index in [2.05, 4.69) is 16.0 Å².